The van der Waals surface area contributed by atoms with Crippen molar-refractivity contribution in [1.29, 1.82) is 0 Å². The quantitative estimate of drug-likeness (QED) is 0.785. The van der Waals surface area contributed by atoms with E-state index in [-0.39, 0.29) is 0 Å². The molecule has 0 amide bonds. The fourth-order valence-electron chi connectivity index (χ4n) is 2.07. The van der Waals surface area contributed by atoms with Crippen molar-refractivity contribution in [2.24, 2.45) is 17.6 Å². The van der Waals surface area contributed by atoms with Crippen LogP contribution in [-0.4, -0.2) is 19.8 Å². The lowest BCUT2D eigenvalue weighted by molar-refractivity contribution is 0.0934. The highest BCUT2D eigenvalue weighted by Gasteiger charge is 2.21. The lowest BCUT2D eigenvalue weighted by Crippen LogP contribution is -2.22. The van der Waals surface area contributed by atoms with Crippen LogP contribution in [0, 0.1) is 18.8 Å². The third-order valence-electron chi connectivity index (χ3n) is 3.34. The summed E-state index contributed by atoms with van der Waals surface area (Å²) in [6.45, 7) is 4.58. The van der Waals surface area contributed by atoms with Crippen LogP contribution in [0.3, 0.4) is 0 Å². The van der Waals surface area contributed by atoms with Gasteiger partial charge in [-0.2, -0.15) is 0 Å². The molecule has 1 fully saturated rings. The molecular weight excluding hydrogens is 210 g/mol. The molecule has 94 valence electrons. The summed E-state index contributed by atoms with van der Waals surface area (Å²) in [7, 11) is 0. The Balaban J connectivity index is 1.76. The van der Waals surface area contributed by atoms with E-state index in [9.17, 15) is 0 Å². The van der Waals surface area contributed by atoms with Crippen LogP contribution in [0.4, 0.5) is 0 Å². The molecular formula is C15H23NO. The molecule has 0 bridgehead atoms. The van der Waals surface area contributed by atoms with Crippen molar-refractivity contribution in [1.82, 2.24) is 0 Å². The zero-order valence-electron chi connectivity index (χ0n) is 10.7. The Hall–Kier alpha value is -0.860. The number of nitrogens with two attached hydrogens (primary N) is 1. The number of hydrogen-bond donors (Lipinski definition) is 1. The molecule has 0 radical (unpaired) electrons. The molecule has 2 nitrogen and oxygen atoms in total. The normalized spacial score (nSPS) is 17.1. The van der Waals surface area contributed by atoms with Gasteiger partial charge in [-0.3, -0.25) is 0 Å². The highest BCUT2D eigenvalue weighted by atomic mass is 16.5. The van der Waals surface area contributed by atoms with Gasteiger partial charge < -0.3 is 10.5 Å². The second-order valence-electron chi connectivity index (χ2n) is 5.28. The van der Waals surface area contributed by atoms with Gasteiger partial charge in [0.1, 0.15) is 0 Å². The van der Waals surface area contributed by atoms with Crippen molar-refractivity contribution in [3.8, 4) is 0 Å². The van der Waals surface area contributed by atoms with Crippen LogP contribution in [0.5, 0.6) is 0 Å². The third-order valence-corrected chi connectivity index (χ3v) is 3.34. The van der Waals surface area contributed by atoms with E-state index in [0.717, 1.165) is 25.6 Å². The maximum atomic E-state index is 5.81. The first-order valence-electron chi connectivity index (χ1n) is 6.61. The Morgan fingerprint density at radius 3 is 2.88 bits per heavy atom. The van der Waals surface area contributed by atoms with Gasteiger partial charge in [-0.1, -0.05) is 29.8 Å². The Labute approximate surface area is 104 Å². The molecule has 17 heavy (non-hydrogen) atoms. The van der Waals surface area contributed by atoms with E-state index in [0.29, 0.717) is 12.5 Å². The molecule has 1 aliphatic carbocycles. The molecule has 0 aliphatic heterocycles. The maximum Gasteiger partial charge on any atom is 0.0509 e. The molecule has 0 spiro atoms. The predicted octanol–water partition coefficient (Wildman–Crippen LogP) is 2.54. The van der Waals surface area contributed by atoms with Crippen LogP contribution in [0.2, 0.25) is 0 Å². The SMILES string of the molecule is Cc1cccc(CC(CN)COCC2CC2)c1. The number of ether oxygens (including phenoxy) is 1. The molecule has 1 aromatic carbocycles. The first-order chi connectivity index (χ1) is 8.28. The van der Waals surface area contributed by atoms with Crippen molar-refractivity contribution in [2.45, 2.75) is 26.2 Å². The minimum Gasteiger partial charge on any atom is -0.381 e. The zero-order valence-corrected chi connectivity index (χ0v) is 10.7. The molecule has 2 N–H and O–H groups in total. The summed E-state index contributed by atoms with van der Waals surface area (Å²) in [4.78, 5) is 0. The Morgan fingerprint density at radius 2 is 2.24 bits per heavy atom. The number of aryl methyl sites for hydroxylation is 1. The van der Waals surface area contributed by atoms with Gasteiger partial charge in [0.15, 0.2) is 0 Å². The molecule has 1 saturated carbocycles. The molecule has 1 unspecified atom stereocenters. The highest BCUT2D eigenvalue weighted by molar-refractivity contribution is 5.22. The standard InChI is InChI=1S/C15H23NO/c1-12-3-2-4-14(7-12)8-15(9-16)11-17-10-13-5-6-13/h2-4,7,13,15H,5-6,8-11,16H2,1H3. The van der Waals surface area contributed by atoms with Crippen LogP contribution in [0.15, 0.2) is 24.3 Å². The molecule has 2 heteroatoms. The summed E-state index contributed by atoms with van der Waals surface area (Å²) >= 11 is 0. The third kappa shape index (κ3) is 4.49. The summed E-state index contributed by atoms with van der Waals surface area (Å²) < 4.78 is 5.73. The van der Waals surface area contributed by atoms with E-state index < -0.39 is 0 Å². The molecule has 1 aromatic rings. The first-order valence-corrected chi connectivity index (χ1v) is 6.61. The van der Waals surface area contributed by atoms with Gasteiger partial charge in [0, 0.05) is 6.61 Å². The summed E-state index contributed by atoms with van der Waals surface area (Å²) in [5, 5.41) is 0. The van der Waals surface area contributed by atoms with E-state index in [1.54, 1.807) is 0 Å². The molecule has 0 aromatic heterocycles. The van der Waals surface area contributed by atoms with E-state index >= 15 is 0 Å². The van der Waals surface area contributed by atoms with Crippen LogP contribution < -0.4 is 5.73 Å². The Morgan fingerprint density at radius 1 is 1.41 bits per heavy atom. The fraction of sp³-hybridized carbons (Fsp3) is 0.600. The number of hydrogen-bond acceptors (Lipinski definition) is 2. The number of rotatable bonds is 7. The molecule has 1 aliphatic rings. The number of benzene rings is 1. The monoisotopic (exact) mass is 233 g/mol. The van der Waals surface area contributed by atoms with Crippen molar-refractivity contribution in [3.05, 3.63) is 35.4 Å². The molecule has 0 saturated heterocycles. The van der Waals surface area contributed by atoms with Crippen LogP contribution in [0.25, 0.3) is 0 Å². The summed E-state index contributed by atoms with van der Waals surface area (Å²) in [6.07, 6.45) is 3.74. The van der Waals surface area contributed by atoms with E-state index in [1.807, 2.05) is 0 Å². The minimum absolute atomic E-state index is 0.454. The lowest BCUT2D eigenvalue weighted by atomic mass is 9.99. The van der Waals surface area contributed by atoms with Gasteiger partial charge in [0.05, 0.1) is 6.61 Å². The van der Waals surface area contributed by atoms with Gasteiger partial charge >= 0.3 is 0 Å². The van der Waals surface area contributed by atoms with Gasteiger partial charge in [-0.05, 0) is 50.1 Å². The second-order valence-corrected chi connectivity index (χ2v) is 5.28. The van der Waals surface area contributed by atoms with Crippen LogP contribution in [0.1, 0.15) is 24.0 Å². The second kappa shape index (κ2) is 6.18. The van der Waals surface area contributed by atoms with Crippen LogP contribution >= 0.6 is 0 Å². The average Bonchev–Trinajstić information content (AvgIpc) is 3.12. The van der Waals surface area contributed by atoms with Crippen molar-refractivity contribution in [3.63, 3.8) is 0 Å². The van der Waals surface area contributed by atoms with E-state index in [4.69, 9.17) is 10.5 Å². The van der Waals surface area contributed by atoms with Crippen LogP contribution in [-0.2, 0) is 11.2 Å². The Bertz CT molecular complexity index is 347. The predicted molar refractivity (Wildman–Crippen MR) is 71.0 cm³/mol. The zero-order chi connectivity index (χ0) is 12.1. The van der Waals surface area contributed by atoms with Gasteiger partial charge in [-0.25, -0.2) is 0 Å². The highest BCUT2D eigenvalue weighted by Crippen LogP contribution is 2.28. The van der Waals surface area contributed by atoms with E-state index in [2.05, 4.69) is 31.2 Å². The summed E-state index contributed by atoms with van der Waals surface area (Å²) in [5.41, 5.74) is 8.50. The van der Waals surface area contributed by atoms with Crippen molar-refractivity contribution >= 4 is 0 Å². The first kappa shape index (κ1) is 12.6. The molecule has 2 rings (SSSR count). The smallest absolute Gasteiger partial charge is 0.0509 e. The topological polar surface area (TPSA) is 35.2 Å². The maximum absolute atomic E-state index is 5.81. The van der Waals surface area contributed by atoms with Gasteiger partial charge in [0.25, 0.3) is 0 Å². The lowest BCUT2D eigenvalue weighted by Gasteiger charge is -2.15. The molecule has 1 atom stereocenters. The average molecular weight is 233 g/mol. The largest absolute Gasteiger partial charge is 0.381 e. The van der Waals surface area contributed by atoms with E-state index in [1.165, 1.54) is 24.0 Å². The summed E-state index contributed by atoms with van der Waals surface area (Å²) in [5.74, 6) is 1.29. The summed E-state index contributed by atoms with van der Waals surface area (Å²) in [6, 6.07) is 8.66. The van der Waals surface area contributed by atoms with Gasteiger partial charge in [0.2, 0.25) is 0 Å². The minimum atomic E-state index is 0.454. The molecule has 0 heterocycles. The van der Waals surface area contributed by atoms with Gasteiger partial charge in [-0.15, -0.1) is 0 Å². The van der Waals surface area contributed by atoms with Crippen molar-refractivity contribution in [2.75, 3.05) is 19.8 Å². The fourth-order valence-corrected chi connectivity index (χ4v) is 2.07. The van der Waals surface area contributed by atoms with Crippen molar-refractivity contribution < 1.29 is 4.74 Å². The Kier molecular flexibility index (Phi) is 4.57.